The van der Waals surface area contributed by atoms with Gasteiger partial charge in [0.1, 0.15) is 0 Å². The minimum atomic E-state index is -1.26. The Morgan fingerprint density at radius 2 is 1.83 bits per heavy atom. The predicted molar refractivity (Wildman–Crippen MR) is 80.6 cm³/mol. The molecule has 0 fully saturated rings. The first-order valence-electron chi connectivity index (χ1n) is 7.44. The van der Waals surface area contributed by atoms with Crippen molar-refractivity contribution in [3.8, 4) is 0 Å². The summed E-state index contributed by atoms with van der Waals surface area (Å²) in [5, 5.41) is 0. The van der Waals surface area contributed by atoms with Crippen LogP contribution in [0.25, 0.3) is 0 Å². The van der Waals surface area contributed by atoms with Gasteiger partial charge in [0.05, 0.1) is 8.07 Å². The fourth-order valence-electron chi connectivity index (χ4n) is 3.26. The molecule has 1 atom stereocenters. The standard InChI is InChI=1S/C16H26OSi/c1-18(2,3)15-12-8-7-11-14(15)16(17)13-9-5-4-6-10-13/h9,11,15H,4-8,10,12H2,1-3H3/t15-/m1/s1. The Bertz CT molecular complexity index is 384. The highest BCUT2D eigenvalue weighted by atomic mass is 28.3. The summed E-state index contributed by atoms with van der Waals surface area (Å²) in [6.07, 6.45) is 12.6. The van der Waals surface area contributed by atoms with E-state index in [0.717, 1.165) is 24.8 Å². The fourth-order valence-corrected chi connectivity index (χ4v) is 5.51. The number of rotatable bonds is 3. The van der Waals surface area contributed by atoms with Gasteiger partial charge in [0.15, 0.2) is 5.78 Å². The van der Waals surface area contributed by atoms with Gasteiger partial charge in [-0.25, -0.2) is 0 Å². The van der Waals surface area contributed by atoms with E-state index in [9.17, 15) is 4.79 Å². The Morgan fingerprint density at radius 3 is 2.44 bits per heavy atom. The van der Waals surface area contributed by atoms with E-state index in [2.05, 4.69) is 31.8 Å². The van der Waals surface area contributed by atoms with Crippen molar-refractivity contribution in [1.29, 1.82) is 0 Å². The van der Waals surface area contributed by atoms with Crippen molar-refractivity contribution in [1.82, 2.24) is 0 Å². The summed E-state index contributed by atoms with van der Waals surface area (Å²) in [7, 11) is -1.26. The van der Waals surface area contributed by atoms with Gasteiger partial charge >= 0.3 is 0 Å². The van der Waals surface area contributed by atoms with Gasteiger partial charge in [-0.15, -0.1) is 0 Å². The normalized spacial score (nSPS) is 25.4. The van der Waals surface area contributed by atoms with E-state index < -0.39 is 8.07 Å². The van der Waals surface area contributed by atoms with E-state index in [0.29, 0.717) is 11.3 Å². The minimum Gasteiger partial charge on any atom is -0.289 e. The Morgan fingerprint density at radius 1 is 1.11 bits per heavy atom. The van der Waals surface area contributed by atoms with Gasteiger partial charge in [-0.2, -0.15) is 0 Å². The van der Waals surface area contributed by atoms with Crippen LogP contribution in [0.5, 0.6) is 0 Å². The van der Waals surface area contributed by atoms with Gasteiger partial charge in [-0.05, 0) is 61.6 Å². The molecule has 0 spiro atoms. The summed E-state index contributed by atoms with van der Waals surface area (Å²) in [4.78, 5) is 12.7. The zero-order chi connectivity index (χ0) is 13.2. The van der Waals surface area contributed by atoms with E-state index in [4.69, 9.17) is 0 Å². The molecule has 0 aromatic carbocycles. The molecule has 1 nitrogen and oxygen atoms in total. The van der Waals surface area contributed by atoms with Crippen molar-refractivity contribution in [2.24, 2.45) is 0 Å². The second kappa shape index (κ2) is 5.56. The molecule has 0 aromatic rings. The number of carbonyl (C=O) groups excluding carboxylic acids is 1. The average molecular weight is 262 g/mol. The van der Waals surface area contributed by atoms with Gasteiger partial charge in [0, 0.05) is 0 Å². The third kappa shape index (κ3) is 3.03. The van der Waals surface area contributed by atoms with Crippen LogP contribution in [-0.2, 0) is 4.79 Å². The third-order valence-electron chi connectivity index (χ3n) is 4.33. The lowest BCUT2D eigenvalue weighted by Crippen LogP contribution is -2.33. The smallest absolute Gasteiger partial charge is 0.184 e. The average Bonchev–Trinajstić information content (AvgIpc) is 2.38. The molecule has 0 saturated carbocycles. The van der Waals surface area contributed by atoms with Gasteiger partial charge in [0.2, 0.25) is 0 Å². The number of hydrogen-bond acceptors (Lipinski definition) is 1. The van der Waals surface area contributed by atoms with Crippen LogP contribution in [0.15, 0.2) is 23.3 Å². The second-order valence-electron chi connectivity index (χ2n) is 6.81. The maximum Gasteiger partial charge on any atom is 0.184 e. The molecule has 2 aliphatic rings. The molecule has 2 aliphatic carbocycles. The molecule has 0 radical (unpaired) electrons. The zero-order valence-electron chi connectivity index (χ0n) is 12.1. The van der Waals surface area contributed by atoms with Crippen LogP contribution in [0, 0.1) is 0 Å². The van der Waals surface area contributed by atoms with Gasteiger partial charge < -0.3 is 0 Å². The lowest BCUT2D eigenvalue weighted by Gasteiger charge is -2.34. The molecular weight excluding hydrogens is 236 g/mol. The molecule has 0 saturated heterocycles. The number of carbonyl (C=O) groups is 1. The van der Waals surface area contributed by atoms with E-state index in [1.54, 1.807) is 0 Å². The first-order chi connectivity index (χ1) is 8.50. The van der Waals surface area contributed by atoms with Crippen LogP contribution in [-0.4, -0.2) is 13.9 Å². The highest BCUT2D eigenvalue weighted by molar-refractivity contribution is 6.78. The molecule has 2 heteroatoms. The summed E-state index contributed by atoms with van der Waals surface area (Å²) < 4.78 is 0. The zero-order valence-corrected chi connectivity index (χ0v) is 13.1. The van der Waals surface area contributed by atoms with Crippen LogP contribution in [0.2, 0.25) is 25.2 Å². The van der Waals surface area contributed by atoms with Crippen molar-refractivity contribution < 1.29 is 4.79 Å². The van der Waals surface area contributed by atoms with Crippen molar-refractivity contribution in [3.63, 3.8) is 0 Å². The maximum absolute atomic E-state index is 12.7. The molecule has 0 unspecified atom stereocenters. The number of ketones is 1. The van der Waals surface area contributed by atoms with Crippen molar-refractivity contribution in [2.75, 3.05) is 0 Å². The molecule has 0 aromatic heterocycles. The largest absolute Gasteiger partial charge is 0.289 e. The topological polar surface area (TPSA) is 17.1 Å². The van der Waals surface area contributed by atoms with Crippen molar-refractivity contribution in [3.05, 3.63) is 23.3 Å². The summed E-state index contributed by atoms with van der Waals surface area (Å²) in [5.41, 5.74) is 2.87. The number of Topliss-reactive ketones (excluding diaryl/α,β-unsaturated/α-hetero) is 1. The minimum absolute atomic E-state index is 0.391. The van der Waals surface area contributed by atoms with E-state index in [1.807, 2.05) is 0 Å². The molecule has 2 rings (SSSR count). The summed E-state index contributed by atoms with van der Waals surface area (Å²) in [6.45, 7) is 7.21. The Hall–Kier alpha value is -0.633. The molecule has 0 aliphatic heterocycles. The van der Waals surface area contributed by atoms with Gasteiger partial charge in [-0.1, -0.05) is 31.8 Å². The first-order valence-corrected chi connectivity index (χ1v) is 11.0. The van der Waals surface area contributed by atoms with Crippen molar-refractivity contribution >= 4 is 13.9 Å². The number of hydrogen-bond donors (Lipinski definition) is 0. The monoisotopic (exact) mass is 262 g/mol. The molecular formula is C16H26OSi. The molecule has 0 amide bonds. The molecule has 0 heterocycles. The molecule has 18 heavy (non-hydrogen) atoms. The summed E-state index contributed by atoms with van der Waals surface area (Å²) in [5.74, 6) is 0.391. The first kappa shape index (κ1) is 13.8. The van der Waals surface area contributed by atoms with Crippen LogP contribution >= 0.6 is 0 Å². The predicted octanol–water partition coefficient (Wildman–Crippen LogP) is 4.87. The van der Waals surface area contributed by atoms with Crippen LogP contribution in [0.3, 0.4) is 0 Å². The van der Waals surface area contributed by atoms with E-state index >= 15 is 0 Å². The highest BCUT2D eigenvalue weighted by Gasteiger charge is 2.34. The quantitative estimate of drug-likeness (QED) is 0.663. The molecule has 100 valence electrons. The maximum atomic E-state index is 12.7. The second-order valence-corrected chi connectivity index (χ2v) is 12.2. The summed E-state index contributed by atoms with van der Waals surface area (Å²) in [6, 6.07) is 0. The van der Waals surface area contributed by atoms with Crippen molar-refractivity contribution in [2.45, 2.75) is 70.1 Å². The fraction of sp³-hybridized carbons (Fsp3) is 0.688. The molecule has 0 bridgehead atoms. The Labute approximate surface area is 112 Å². The van der Waals surface area contributed by atoms with E-state index in [1.165, 1.54) is 31.3 Å². The lowest BCUT2D eigenvalue weighted by atomic mass is 9.88. The van der Waals surface area contributed by atoms with E-state index in [-0.39, 0.29) is 0 Å². The summed E-state index contributed by atoms with van der Waals surface area (Å²) >= 11 is 0. The van der Waals surface area contributed by atoms with Crippen LogP contribution in [0.1, 0.15) is 44.9 Å². The van der Waals surface area contributed by atoms with Gasteiger partial charge in [0.25, 0.3) is 0 Å². The van der Waals surface area contributed by atoms with Gasteiger partial charge in [-0.3, -0.25) is 4.79 Å². The third-order valence-corrected chi connectivity index (χ3v) is 7.02. The highest BCUT2D eigenvalue weighted by Crippen LogP contribution is 2.40. The SMILES string of the molecule is C[Si](C)(C)[C@@H]1CCCC=C1C(=O)C1=CCCCC1. The van der Waals surface area contributed by atoms with Crippen LogP contribution < -0.4 is 0 Å². The molecule has 0 N–H and O–H groups in total. The van der Waals surface area contributed by atoms with Crippen LogP contribution in [0.4, 0.5) is 0 Å². The Balaban J connectivity index is 2.21. The Kier molecular flexibility index (Phi) is 4.26. The number of allylic oxidation sites excluding steroid dienone is 4. The lowest BCUT2D eigenvalue weighted by molar-refractivity contribution is -0.112.